The Bertz CT molecular complexity index is 521. The van der Waals surface area contributed by atoms with Gasteiger partial charge in [-0.05, 0) is 41.3 Å². The van der Waals surface area contributed by atoms with Crippen molar-refractivity contribution in [3.05, 3.63) is 32.8 Å². The number of non-ortho nitro benzene ring substituents is 1. The number of nitrogens with two attached hydrogens (primary N) is 1. The van der Waals surface area contributed by atoms with E-state index in [1.165, 1.54) is 12.1 Å². The van der Waals surface area contributed by atoms with E-state index < -0.39 is 4.92 Å². The van der Waals surface area contributed by atoms with E-state index in [-0.39, 0.29) is 23.6 Å². The molecule has 1 aromatic rings. The maximum atomic E-state index is 12.0. The van der Waals surface area contributed by atoms with Crippen molar-refractivity contribution in [3.8, 4) is 0 Å². The van der Waals surface area contributed by atoms with Crippen molar-refractivity contribution in [3.63, 3.8) is 0 Å². The third kappa shape index (κ3) is 3.30. The largest absolute Gasteiger partial charge is 0.328 e. The molecular formula is C12H14BrN3O3. The summed E-state index contributed by atoms with van der Waals surface area (Å²) in [5, 5.41) is 13.4. The van der Waals surface area contributed by atoms with Gasteiger partial charge in [0.15, 0.2) is 0 Å². The third-order valence-corrected chi connectivity index (χ3v) is 3.95. The summed E-state index contributed by atoms with van der Waals surface area (Å²) in [5.41, 5.74) is 6.13. The van der Waals surface area contributed by atoms with Crippen molar-refractivity contribution in [2.45, 2.75) is 25.3 Å². The van der Waals surface area contributed by atoms with Gasteiger partial charge in [0.1, 0.15) is 0 Å². The predicted molar refractivity (Wildman–Crippen MR) is 74.7 cm³/mol. The van der Waals surface area contributed by atoms with Crippen molar-refractivity contribution >= 4 is 33.2 Å². The molecule has 0 spiro atoms. The van der Waals surface area contributed by atoms with Crippen LogP contribution in [0.2, 0.25) is 0 Å². The summed E-state index contributed by atoms with van der Waals surface area (Å²) in [6, 6.07) is 4.35. The van der Waals surface area contributed by atoms with E-state index >= 15 is 0 Å². The summed E-state index contributed by atoms with van der Waals surface area (Å²) in [5.74, 6) is -0.240. The van der Waals surface area contributed by atoms with Crippen LogP contribution in [0.1, 0.15) is 19.3 Å². The van der Waals surface area contributed by atoms with Gasteiger partial charge >= 0.3 is 0 Å². The number of hydrogen-bond donors (Lipinski definition) is 2. The van der Waals surface area contributed by atoms with Gasteiger partial charge in [0.2, 0.25) is 5.91 Å². The number of rotatable bonds is 3. The molecule has 0 radical (unpaired) electrons. The number of carbonyl (C=O) groups excluding carboxylic acids is 1. The van der Waals surface area contributed by atoms with Gasteiger partial charge in [-0.3, -0.25) is 14.9 Å². The SMILES string of the molecule is NC1CCC(C(=O)Nc2cc([N+](=O)[O-])ccc2Br)C1. The third-order valence-electron chi connectivity index (χ3n) is 3.26. The Labute approximate surface area is 118 Å². The average Bonchev–Trinajstić information content (AvgIpc) is 2.78. The van der Waals surface area contributed by atoms with Crippen molar-refractivity contribution < 1.29 is 9.72 Å². The number of halogens is 1. The first-order valence-electron chi connectivity index (χ1n) is 5.97. The molecule has 3 N–H and O–H groups in total. The second-order valence-corrected chi connectivity index (χ2v) is 5.53. The number of benzene rings is 1. The van der Waals surface area contributed by atoms with Gasteiger partial charge < -0.3 is 11.1 Å². The topological polar surface area (TPSA) is 98.3 Å². The van der Waals surface area contributed by atoms with Crippen LogP contribution >= 0.6 is 15.9 Å². The summed E-state index contributed by atoms with van der Waals surface area (Å²) in [4.78, 5) is 22.3. The van der Waals surface area contributed by atoms with Crippen LogP contribution in [-0.4, -0.2) is 16.9 Å². The zero-order valence-electron chi connectivity index (χ0n) is 10.1. The molecule has 1 aliphatic carbocycles. The highest BCUT2D eigenvalue weighted by Gasteiger charge is 2.28. The van der Waals surface area contributed by atoms with Crippen molar-refractivity contribution in [2.24, 2.45) is 11.7 Å². The molecule has 19 heavy (non-hydrogen) atoms. The van der Waals surface area contributed by atoms with Crippen LogP contribution in [-0.2, 0) is 4.79 Å². The number of nitrogens with zero attached hydrogens (tertiary/aromatic N) is 1. The zero-order valence-corrected chi connectivity index (χ0v) is 11.7. The van der Waals surface area contributed by atoms with Crippen LogP contribution in [0.25, 0.3) is 0 Å². The molecule has 1 aromatic carbocycles. The van der Waals surface area contributed by atoms with Gasteiger partial charge in [0, 0.05) is 28.6 Å². The normalized spacial score (nSPS) is 22.2. The minimum absolute atomic E-state index is 0.0541. The van der Waals surface area contributed by atoms with E-state index in [1.807, 2.05) is 0 Å². The summed E-state index contributed by atoms with van der Waals surface area (Å²) in [7, 11) is 0. The Balaban J connectivity index is 2.12. The molecule has 1 amide bonds. The van der Waals surface area contributed by atoms with Crippen LogP contribution < -0.4 is 11.1 Å². The second-order valence-electron chi connectivity index (χ2n) is 4.68. The molecule has 6 nitrogen and oxygen atoms in total. The molecule has 2 atom stereocenters. The number of nitro groups is 1. The smallest absolute Gasteiger partial charge is 0.271 e. The van der Waals surface area contributed by atoms with Crippen molar-refractivity contribution in [2.75, 3.05) is 5.32 Å². The Morgan fingerprint density at radius 2 is 2.21 bits per heavy atom. The van der Waals surface area contributed by atoms with E-state index in [4.69, 9.17) is 5.73 Å². The van der Waals surface area contributed by atoms with E-state index in [2.05, 4.69) is 21.2 Å². The first-order chi connectivity index (χ1) is 8.97. The van der Waals surface area contributed by atoms with Gasteiger partial charge in [-0.15, -0.1) is 0 Å². The zero-order chi connectivity index (χ0) is 14.0. The molecule has 0 bridgehead atoms. The molecule has 0 aliphatic heterocycles. The van der Waals surface area contributed by atoms with Crippen LogP contribution in [0.3, 0.4) is 0 Å². The Kier molecular flexibility index (Phi) is 4.16. The number of anilines is 1. The van der Waals surface area contributed by atoms with Crippen LogP contribution in [0.5, 0.6) is 0 Å². The molecule has 0 aromatic heterocycles. The Morgan fingerprint density at radius 1 is 1.47 bits per heavy atom. The molecule has 2 rings (SSSR count). The summed E-state index contributed by atoms with van der Waals surface area (Å²) in [6.07, 6.45) is 2.27. The molecule has 0 heterocycles. The van der Waals surface area contributed by atoms with E-state index in [1.54, 1.807) is 6.07 Å². The number of nitrogens with one attached hydrogen (secondary N) is 1. The molecule has 1 fully saturated rings. The first-order valence-corrected chi connectivity index (χ1v) is 6.77. The number of carbonyl (C=O) groups is 1. The Hall–Kier alpha value is -1.47. The highest BCUT2D eigenvalue weighted by atomic mass is 79.9. The van der Waals surface area contributed by atoms with Gasteiger partial charge in [0.25, 0.3) is 5.69 Å². The highest BCUT2D eigenvalue weighted by Crippen LogP contribution is 2.30. The fourth-order valence-corrected chi connectivity index (χ4v) is 2.56. The highest BCUT2D eigenvalue weighted by molar-refractivity contribution is 9.10. The molecule has 7 heteroatoms. The van der Waals surface area contributed by atoms with Gasteiger partial charge in [-0.25, -0.2) is 0 Å². The number of hydrogen-bond acceptors (Lipinski definition) is 4. The molecule has 2 unspecified atom stereocenters. The van der Waals surface area contributed by atoms with Gasteiger partial charge in [-0.1, -0.05) is 0 Å². The lowest BCUT2D eigenvalue weighted by atomic mass is 10.1. The molecule has 1 aliphatic rings. The lowest BCUT2D eigenvalue weighted by molar-refractivity contribution is -0.384. The minimum Gasteiger partial charge on any atom is -0.328 e. The number of nitro benzene ring substituents is 1. The maximum absolute atomic E-state index is 12.0. The van der Waals surface area contributed by atoms with Crippen LogP contribution in [0.4, 0.5) is 11.4 Å². The van der Waals surface area contributed by atoms with Gasteiger partial charge in [-0.2, -0.15) is 0 Å². The monoisotopic (exact) mass is 327 g/mol. The standard InChI is InChI=1S/C12H14BrN3O3/c13-10-4-3-9(16(18)19)6-11(10)15-12(17)7-1-2-8(14)5-7/h3-4,6-8H,1-2,5,14H2,(H,15,17). The minimum atomic E-state index is -0.492. The average molecular weight is 328 g/mol. The Morgan fingerprint density at radius 3 is 2.79 bits per heavy atom. The number of amides is 1. The predicted octanol–water partition coefficient (Wildman–Crippen LogP) is 2.42. The quantitative estimate of drug-likeness (QED) is 0.657. The maximum Gasteiger partial charge on any atom is 0.271 e. The summed E-state index contributed by atoms with van der Waals surface area (Å²) >= 11 is 3.27. The molecule has 0 saturated heterocycles. The summed E-state index contributed by atoms with van der Waals surface area (Å²) < 4.78 is 0.619. The molecule has 1 saturated carbocycles. The van der Waals surface area contributed by atoms with Crippen molar-refractivity contribution in [1.29, 1.82) is 0 Å². The molecular weight excluding hydrogens is 314 g/mol. The second kappa shape index (κ2) is 5.66. The summed E-state index contributed by atoms with van der Waals surface area (Å²) in [6.45, 7) is 0. The van der Waals surface area contributed by atoms with Crippen LogP contribution in [0, 0.1) is 16.0 Å². The fraction of sp³-hybridized carbons (Fsp3) is 0.417. The lowest BCUT2D eigenvalue weighted by Gasteiger charge is -2.11. The van der Waals surface area contributed by atoms with E-state index in [0.29, 0.717) is 16.6 Å². The van der Waals surface area contributed by atoms with Crippen LogP contribution in [0.15, 0.2) is 22.7 Å². The lowest BCUT2D eigenvalue weighted by Crippen LogP contribution is -2.23. The first kappa shape index (κ1) is 14.0. The van der Waals surface area contributed by atoms with Gasteiger partial charge in [0.05, 0.1) is 10.6 Å². The fourth-order valence-electron chi connectivity index (χ4n) is 2.21. The molecule has 102 valence electrons. The van der Waals surface area contributed by atoms with E-state index in [9.17, 15) is 14.9 Å². The van der Waals surface area contributed by atoms with E-state index in [0.717, 1.165) is 12.8 Å². The van der Waals surface area contributed by atoms with Crippen molar-refractivity contribution in [1.82, 2.24) is 0 Å².